The van der Waals surface area contributed by atoms with Crippen LogP contribution in [0, 0.1) is 0 Å². The highest BCUT2D eigenvalue weighted by Crippen LogP contribution is 2.44. The fourth-order valence-electron chi connectivity index (χ4n) is 4.87. The van der Waals surface area contributed by atoms with Crippen LogP contribution >= 0.6 is 0 Å². The van der Waals surface area contributed by atoms with Crippen molar-refractivity contribution in [2.45, 2.75) is 69.2 Å². The largest absolute Gasteiger partial charge is 0.353 e. The van der Waals surface area contributed by atoms with Gasteiger partial charge in [-0.05, 0) is 39.5 Å². The predicted molar refractivity (Wildman–Crippen MR) is 81.7 cm³/mol. The number of urea groups is 1. The van der Waals surface area contributed by atoms with Gasteiger partial charge in [-0.2, -0.15) is 0 Å². The van der Waals surface area contributed by atoms with Crippen molar-refractivity contribution < 1.29 is 19.1 Å². The summed E-state index contributed by atoms with van der Waals surface area (Å²) in [5.74, 6) is -0.0475. The molecule has 0 radical (unpaired) electrons. The second kappa shape index (κ2) is 5.43. The van der Waals surface area contributed by atoms with E-state index in [9.17, 15) is 9.59 Å². The van der Waals surface area contributed by atoms with Gasteiger partial charge in [-0.1, -0.05) is 0 Å². The summed E-state index contributed by atoms with van der Waals surface area (Å²) < 4.78 is 10.6. The molecule has 1 spiro atoms. The Balaban J connectivity index is 1.69. The Bertz CT molecular complexity index is 505. The van der Waals surface area contributed by atoms with Gasteiger partial charge < -0.3 is 19.7 Å². The summed E-state index contributed by atoms with van der Waals surface area (Å²) in [4.78, 5) is 29.7. The monoisotopic (exact) mass is 323 g/mol. The molecule has 0 aromatic rings. The van der Waals surface area contributed by atoms with E-state index in [4.69, 9.17) is 9.47 Å². The molecule has 2 atom stereocenters. The number of imide groups is 1. The van der Waals surface area contributed by atoms with Crippen LogP contribution in [0.5, 0.6) is 0 Å². The lowest BCUT2D eigenvalue weighted by Crippen LogP contribution is -2.61. The van der Waals surface area contributed by atoms with Gasteiger partial charge >= 0.3 is 6.03 Å². The van der Waals surface area contributed by atoms with Crippen molar-refractivity contribution >= 4 is 11.9 Å². The maximum absolute atomic E-state index is 13.4. The molecule has 2 unspecified atom stereocenters. The molecule has 4 heterocycles. The number of hydrogen-bond acceptors (Lipinski definition) is 5. The minimum Gasteiger partial charge on any atom is -0.353 e. The average molecular weight is 323 g/mol. The number of hydrogen-bond donors (Lipinski definition) is 1. The number of ether oxygens (including phenoxy) is 2. The second-order valence-electron chi connectivity index (χ2n) is 7.51. The van der Waals surface area contributed by atoms with E-state index in [0.717, 1.165) is 25.7 Å². The molecule has 4 fully saturated rings. The lowest BCUT2D eigenvalue weighted by molar-refractivity contribution is -0.151. The van der Waals surface area contributed by atoms with E-state index in [2.05, 4.69) is 5.32 Å². The lowest BCUT2D eigenvalue weighted by Gasteiger charge is -2.43. The highest BCUT2D eigenvalue weighted by atomic mass is 16.7. The molecule has 23 heavy (non-hydrogen) atoms. The minimum absolute atomic E-state index is 0.000577. The number of piperidine rings is 1. The molecule has 0 aliphatic carbocycles. The Kier molecular flexibility index (Phi) is 3.62. The van der Waals surface area contributed by atoms with Crippen molar-refractivity contribution in [2.75, 3.05) is 20.0 Å². The van der Waals surface area contributed by atoms with Crippen LogP contribution in [0.2, 0.25) is 0 Å². The SMILES string of the molecule is CC(C)N1C(=O)N(C2COCOC2)C(=O)C12CC1CCC(C2)N1. The minimum atomic E-state index is -0.681. The molecule has 4 saturated heterocycles. The number of rotatable bonds is 2. The molecule has 4 rings (SSSR count). The van der Waals surface area contributed by atoms with Gasteiger partial charge in [-0.3, -0.25) is 9.69 Å². The van der Waals surface area contributed by atoms with Crippen LogP contribution in [0.1, 0.15) is 39.5 Å². The molecule has 7 nitrogen and oxygen atoms in total. The third kappa shape index (κ3) is 2.21. The van der Waals surface area contributed by atoms with Crippen molar-refractivity contribution in [3.8, 4) is 0 Å². The van der Waals surface area contributed by atoms with Gasteiger partial charge in [0.05, 0.1) is 19.3 Å². The molecule has 128 valence electrons. The van der Waals surface area contributed by atoms with Crippen LogP contribution in [0.25, 0.3) is 0 Å². The van der Waals surface area contributed by atoms with Gasteiger partial charge in [0.25, 0.3) is 5.91 Å². The molecule has 4 aliphatic heterocycles. The zero-order valence-corrected chi connectivity index (χ0v) is 13.8. The summed E-state index contributed by atoms with van der Waals surface area (Å²) in [7, 11) is 0. The van der Waals surface area contributed by atoms with E-state index in [1.54, 1.807) is 0 Å². The topological polar surface area (TPSA) is 71.1 Å². The normalized spacial score (nSPS) is 38.4. The van der Waals surface area contributed by atoms with Crippen molar-refractivity contribution in [3.63, 3.8) is 0 Å². The first kappa shape index (κ1) is 15.4. The Morgan fingerprint density at radius 2 is 1.74 bits per heavy atom. The Hall–Kier alpha value is -1.18. The summed E-state index contributed by atoms with van der Waals surface area (Å²) in [5, 5.41) is 3.57. The van der Waals surface area contributed by atoms with E-state index in [1.807, 2.05) is 18.7 Å². The highest BCUT2D eigenvalue weighted by Gasteiger charge is 2.63. The molecule has 0 saturated carbocycles. The van der Waals surface area contributed by atoms with Gasteiger partial charge in [0.1, 0.15) is 12.3 Å². The number of nitrogens with zero attached hydrogens (tertiary/aromatic N) is 2. The van der Waals surface area contributed by atoms with E-state index < -0.39 is 5.54 Å². The smallest absolute Gasteiger partial charge is 0.328 e. The van der Waals surface area contributed by atoms with Crippen LogP contribution in [0.15, 0.2) is 0 Å². The number of amides is 3. The second-order valence-corrected chi connectivity index (χ2v) is 7.51. The maximum atomic E-state index is 13.4. The summed E-state index contributed by atoms with van der Waals surface area (Å²) >= 11 is 0. The number of carbonyl (C=O) groups is 2. The summed E-state index contributed by atoms with van der Waals surface area (Å²) in [6, 6.07) is 0.192. The number of carbonyl (C=O) groups excluding carboxylic acids is 2. The van der Waals surface area contributed by atoms with Crippen molar-refractivity contribution in [2.24, 2.45) is 0 Å². The van der Waals surface area contributed by atoms with E-state index in [-0.39, 0.29) is 30.8 Å². The molecule has 1 N–H and O–H groups in total. The van der Waals surface area contributed by atoms with Crippen molar-refractivity contribution in [1.82, 2.24) is 15.1 Å². The van der Waals surface area contributed by atoms with Crippen LogP contribution in [-0.4, -0.2) is 71.5 Å². The molecule has 7 heteroatoms. The van der Waals surface area contributed by atoms with Crippen molar-refractivity contribution in [1.29, 1.82) is 0 Å². The standard InChI is InChI=1S/C16H25N3O4/c1-10(2)19-15(21)18(13-7-22-9-23-8-13)14(20)16(19)5-11-3-4-12(6-16)17-11/h10-13,17H,3-9H2,1-2H3. The zero-order valence-electron chi connectivity index (χ0n) is 13.8. The molecule has 0 aromatic heterocycles. The van der Waals surface area contributed by atoms with Gasteiger partial charge in [-0.15, -0.1) is 0 Å². The van der Waals surface area contributed by atoms with Crippen molar-refractivity contribution in [3.05, 3.63) is 0 Å². The lowest BCUT2D eigenvalue weighted by atomic mass is 9.81. The molecular formula is C16H25N3O4. The first-order chi connectivity index (χ1) is 11.0. The molecule has 0 aromatic carbocycles. The maximum Gasteiger partial charge on any atom is 0.328 e. The molecule has 3 amide bonds. The predicted octanol–water partition coefficient (Wildman–Crippen LogP) is 0.685. The van der Waals surface area contributed by atoms with Gasteiger partial charge in [-0.25, -0.2) is 4.79 Å². The summed E-state index contributed by atoms with van der Waals surface area (Å²) in [6.45, 7) is 4.96. The van der Waals surface area contributed by atoms with Crippen LogP contribution in [0.4, 0.5) is 4.79 Å². The number of fused-ring (bicyclic) bond motifs is 2. The van der Waals surface area contributed by atoms with Gasteiger partial charge in [0.2, 0.25) is 0 Å². The summed E-state index contributed by atoms with van der Waals surface area (Å²) in [6.07, 6.45) is 3.62. The molecular weight excluding hydrogens is 298 g/mol. The van der Waals surface area contributed by atoms with E-state index >= 15 is 0 Å². The van der Waals surface area contributed by atoms with Gasteiger partial charge in [0.15, 0.2) is 0 Å². The summed E-state index contributed by atoms with van der Waals surface area (Å²) in [5.41, 5.74) is -0.681. The Morgan fingerprint density at radius 1 is 1.13 bits per heavy atom. The highest BCUT2D eigenvalue weighted by molar-refractivity contribution is 6.07. The van der Waals surface area contributed by atoms with Gasteiger partial charge in [0, 0.05) is 18.1 Å². The third-order valence-electron chi connectivity index (χ3n) is 5.66. The Morgan fingerprint density at radius 3 is 2.30 bits per heavy atom. The Labute approximate surface area is 136 Å². The van der Waals surface area contributed by atoms with E-state index in [0.29, 0.717) is 25.3 Å². The molecule has 2 bridgehead atoms. The quantitative estimate of drug-likeness (QED) is 0.757. The fourth-order valence-corrected chi connectivity index (χ4v) is 4.87. The zero-order chi connectivity index (χ0) is 16.2. The van der Waals surface area contributed by atoms with Crippen LogP contribution in [0.3, 0.4) is 0 Å². The van der Waals surface area contributed by atoms with Crippen LogP contribution < -0.4 is 5.32 Å². The first-order valence-electron chi connectivity index (χ1n) is 8.61. The van der Waals surface area contributed by atoms with Crippen LogP contribution in [-0.2, 0) is 14.3 Å². The first-order valence-corrected chi connectivity index (χ1v) is 8.61. The number of nitrogens with one attached hydrogen (secondary N) is 1. The van der Waals surface area contributed by atoms with E-state index in [1.165, 1.54) is 4.90 Å². The third-order valence-corrected chi connectivity index (χ3v) is 5.66. The average Bonchev–Trinajstić information content (AvgIpc) is 2.96. The fraction of sp³-hybridized carbons (Fsp3) is 0.875. The molecule has 4 aliphatic rings.